The lowest BCUT2D eigenvalue weighted by Crippen LogP contribution is -2.70. The molecule has 4 rings (SSSR count). The summed E-state index contributed by atoms with van der Waals surface area (Å²) in [4.78, 5) is 27.4. The summed E-state index contributed by atoms with van der Waals surface area (Å²) >= 11 is 0. The number of nitrogens with zero attached hydrogens (tertiary/aromatic N) is 1. The van der Waals surface area contributed by atoms with E-state index in [4.69, 9.17) is 0 Å². The second kappa shape index (κ2) is 8.19. The zero-order chi connectivity index (χ0) is 20.3. The summed E-state index contributed by atoms with van der Waals surface area (Å²) in [5.74, 6) is -0.816. The fraction of sp³-hybridized carbons (Fsp3) is 0.333. The zero-order valence-corrected chi connectivity index (χ0v) is 16.3. The van der Waals surface area contributed by atoms with Gasteiger partial charge in [-0.1, -0.05) is 61.7 Å². The minimum atomic E-state index is -1.14. The van der Waals surface area contributed by atoms with Gasteiger partial charge < -0.3 is 5.32 Å². The summed E-state index contributed by atoms with van der Waals surface area (Å²) in [5.41, 5.74) is 0.201. The summed E-state index contributed by atoms with van der Waals surface area (Å²) in [6.07, 6.45) is 9.03. The van der Waals surface area contributed by atoms with Crippen molar-refractivity contribution in [2.24, 2.45) is 0 Å². The van der Waals surface area contributed by atoms with Gasteiger partial charge in [0.15, 0.2) is 5.54 Å². The first-order valence-electron chi connectivity index (χ1n) is 10.2. The third kappa shape index (κ3) is 3.95. The lowest BCUT2D eigenvalue weighted by Gasteiger charge is -2.49. The number of anilines is 1. The predicted octanol–water partition coefficient (Wildman–Crippen LogP) is 4.46. The maximum Gasteiger partial charge on any atom is 0.251 e. The smallest absolute Gasteiger partial charge is 0.251 e. The molecule has 2 aromatic rings. The molecule has 4 nitrogen and oxygen atoms in total. The molecule has 1 saturated carbocycles. The van der Waals surface area contributed by atoms with Crippen LogP contribution in [0.4, 0.5) is 10.1 Å². The van der Waals surface area contributed by atoms with Gasteiger partial charge in [0.05, 0.1) is 6.42 Å². The molecule has 2 aromatic carbocycles. The number of halogens is 1. The number of hydrogen-bond acceptors (Lipinski definition) is 2. The van der Waals surface area contributed by atoms with Crippen LogP contribution in [0.5, 0.6) is 0 Å². The van der Waals surface area contributed by atoms with Gasteiger partial charge in [-0.05, 0) is 42.7 Å². The van der Waals surface area contributed by atoms with Crippen LogP contribution >= 0.6 is 0 Å². The number of carbonyl (C=O) groups excluding carboxylic acids is 2. The van der Waals surface area contributed by atoms with Crippen molar-refractivity contribution >= 4 is 23.6 Å². The number of hydrogen-bond donors (Lipinski definition) is 1. The Kier molecular flexibility index (Phi) is 5.47. The molecule has 1 aliphatic carbocycles. The molecule has 1 atom stereocenters. The van der Waals surface area contributed by atoms with Crippen molar-refractivity contribution in [1.82, 2.24) is 5.32 Å². The number of benzene rings is 2. The highest BCUT2D eigenvalue weighted by Crippen LogP contribution is 2.39. The number of amides is 2. The molecule has 0 aromatic heterocycles. The van der Waals surface area contributed by atoms with E-state index in [9.17, 15) is 14.0 Å². The van der Waals surface area contributed by atoms with Crippen LogP contribution < -0.4 is 10.2 Å². The second-order valence-corrected chi connectivity index (χ2v) is 7.86. The predicted molar refractivity (Wildman–Crippen MR) is 112 cm³/mol. The summed E-state index contributed by atoms with van der Waals surface area (Å²) in [6.45, 7) is 0. The third-order valence-corrected chi connectivity index (χ3v) is 5.82. The largest absolute Gasteiger partial charge is 0.351 e. The minimum Gasteiger partial charge on any atom is -0.351 e. The first kappa shape index (κ1) is 19.4. The van der Waals surface area contributed by atoms with Gasteiger partial charge in [-0.3, -0.25) is 14.5 Å². The highest BCUT2D eigenvalue weighted by atomic mass is 19.1. The fourth-order valence-corrected chi connectivity index (χ4v) is 4.26. The monoisotopic (exact) mass is 392 g/mol. The Balaban J connectivity index is 1.67. The Morgan fingerprint density at radius 2 is 1.83 bits per heavy atom. The van der Waals surface area contributed by atoms with E-state index in [0.717, 1.165) is 31.2 Å². The van der Waals surface area contributed by atoms with Gasteiger partial charge in [0, 0.05) is 11.7 Å². The van der Waals surface area contributed by atoms with Crippen LogP contribution in [0.15, 0.2) is 60.7 Å². The molecule has 150 valence electrons. The van der Waals surface area contributed by atoms with E-state index < -0.39 is 11.4 Å². The summed E-state index contributed by atoms with van der Waals surface area (Å²) in [6, 6.07) is 15.6. The van der Waals surface area contributed by atoms with Crippen molar-refractivity contribution in [3.05, 3.63) is 72.1 Å². The Bertz CT molecular complexity index is 921. The Morgan fingerprint density at radius 1 is 1.07 bits per heavy atom. The van der Waals surface area contributed by atoms with Crippen LogP contribution in [0.3, 0.4) is 0 Å². The molecule has 29 heavy (non-hydrogen) atoms. The first-order chi connectivity index (χ1) is 14.1. The highest BCUT2D eigenvalue weighted by Gasteiger charge is 2.56. The molecule has 5 heteroatoms. The van der Waals surface area contributed by atoms with Gasteiger partial charge in [0.25, 0.3) is 5.91 Å². The lowest BCUT2D eigenvalue weighted by atomic mass is 9.80. The number of β-lactam (4-membered cyclic amide) rings is 1. The van der Waals surface area contributed by atoms with E-state index in [2.05, 4.69) is 5.32 Å². The first-order valence-corrected chi connectivity index (χ1v) is 10.2. The van der Waals surface area contributed by atoms with Crippen molar-refractivity contribution in [3.8, 4) is 0 Å². The van der Waals surface area contributed by atoms with Crippen molar-refractivity contribution in [2.75, 3.05) is 4.90 Å². The molecular formula is C24H25FN2O2. The van der Waals surface area contributed by atoms with E-state index in [1.165, 1.54) is 23.5 Å². The van der Waals surface area contributed by atoms with E-state index >= 15 is 0 Å². The van der Waals surface area contributed by atoms with Crippen molar-refractivity contribution < 1.29 is 14.0 Å². The SMILES string of the molecule is O=C1C[C@](/C=C/c2ccccc2)(C(=O)NC2CCCCC2)N1c1cccc(F)c1. The Morgan fingerprint density at radius 3 is 2.52 bits per heavy atom. The average molecular weight is 392 g/mol. The van der Waals surface area contributed by atoms with Crippen molar-refractivity contribution in [3.63, 3.8) is 0 Å². The maximum atomic E-state index is 13.8. The molecule has 1 heterocycles. The molecule has 2 amide bonds. The molecule has 0 radical (unpaired) electrons. The van der Waals surface area contributed by atoms with Crippen LogP contribution in [0.2, 0.25) is 0 Å². The van der Waals surface area contributed by atoms with E-state index in [0.29, 0.717) is 5.69 Å². The molecule has 1 aliphatic heterocycles. The third-order valence-electron chi connectivity index (χ3n) is 5.82. The van der Waals surface area contributed by atoms with Crippen LogP contribution in [0.25, 0.3) is 6.08 Å². The normalized spacial score (nSPS) is 22.5. The molecular weight excluding hydrogens is 367 g/mol. The topological polar surface area (TPSA) is 49.4 Å². The molecule has 2 aliphatic rings. The second-order valence-electron chi connectivity index (χ2n) is 7.86. The molecule has 0 bridgehead atoms. The van der Waals surface area contributed by atoms with Crippen LogP contribution in [-0.2, 0) is 9.59 Å². The molecule has 2 fully saturated rings. The van der Waals surface area contributed by atoms with E-state index in [-0.39, 0.29) is 24.3 Å². The fourth-order valence-electron chi connectivity index (χ4n) is 4.26. The number of nitrogens with one attached hydrogen (secondary N) is 1. The van der Waals surface area contributed by atoms with Gasteiger partial charge in [-0.2, -0.15) is 0 Å². The van der Waals surface area contributed by atoms with Gasteiger partial charge >= 0.3 is 0 Å². The lowest BCUT2D eigenvalue weighted by molar-refractivity contribution is -0.137. The van der Waals surface area contributed by atoms with Crippen LogP contribution in [-0.4, -0.2) is 23.4 Å². The van der Waals surface area contributed by atoms with Gasteiger partial charge in [0.1, 0.15) is 5.82 Å². The van der Waals surface area contributed by atoms with Gasteiger partial charge in [0.2, 0.25) is 5.91 Å². The van der Waals surface area contributed by atoms with Crippen LogP contribution in [0.1, 0.15) is 44.1 Å². The van der Waals surface area contributed by atoms with Gasteiger partial charge in [-0.15, -0.1) is 0 Å². The maximum absolute atomic E-state index is 13.8. The zero-order valence-electron chi connectivity index (χ0n) is 16.3. The molecule has 0 spiro atoms. The molecule has 0 unspecified atom stereocenters. The molecule has 1 N–H and O–H groups in total. The summed E-state index contributed by atoms with van der Waals surface area (Å²) in [5, 5.41) is 3.15. The number of rotatable bonds is 5. The summed E-state index contributed by atoms with van der Waals surface area (Å²) < 4.78 is 13.8. The van der Waals surface area contributed by atoms with E-state index in [1.807, 2.05) is 36.4 Å². The van der Waals surface area contributed by atoms with E-state index in [1.54, 1.807) is 18.2 Å². The minimum absolute atomic E-state index is 0.0748. The van der Waals surface area contributed by atoms with Crippen LogP contribution in [0, 0.1) is 5.82 Å². The quantitative estimate of drug-likeness (QED) is 0.764. The van der Waals surface area contributed by atoms with Gasteiger partial charge in [-0.25, -0.2) is 4.39 Å². The Labute approximate surface area is 170 Å². The molecule has 1 saturated heterocycles. The average Bonchev–Trinajstić information content (AvgIpc) is 2.72. The number of carbonyl (C=O) groups is 2. The van der Waals surface area contributed by atoms with Crippen molar-refractivity contribution in [2.45, 2.75) is 50.1 Å². The summed E-state index contributed by atoms with van der Waals surface area (Å²) in [7, 11) is 0. The standard InChI is InChI=1S/C24H25FN2O2/c25-19-10-7-13-21(16-19)27-22(28)17-24(27,15-14-18-8-3-1-4-9-18)23(29)26-20-11-5-2-6-12-20/h1,3-4,7-10,13-16,20H,2,5-6,11-12,17H2,(H,26,29)/b15-14+/t24-/m1/s1. The Hall–Kier alpha value is -2.95. The highest BCUT2D eigenvalue weighted by molar-refractivity contribution is 6.15. The van der Waals surface area contributed by atoms with Crippen molar-refractivity contribution in [1.29, 1.82) is 0 Å².